The van der Waals surface area contributed by atoms with E-state index in [1.807, 2.05) is 48.5 Å². The van der Waals surface area contributed by atoms with Crippen molar-refractivity contribution in [3.63, 3.8) is 0 Å². The molecule has 0 unspecified atom stereocenters. The highest BCUT2D eigenvalue weighted by atomic mass is 35.5. The third-order valence-electron chi connectivity index (χ3n) is 3.06. The van der Waals surface area contributed by atoms with Crippen LogP contribution in [0.2, 0.25) is 5.02 Å². The van der Waals surface area contributed by atoms with E-state index in [-0.39, 0.29) is 5.84 Å². The van der Waals surface area contributed by atoms with Gasteiger partial charge in [-0.25, -0.2) is 0 Å². The van der Waals surface area contributed by atoms with Gasteiger partial charge in [-0.3, -0.25) is 10.3 Å². The summed E-state index contributed by atoms with van der Waals surface area (Å²) in [5, 5.41) is 8.22. The van der Waals surface area contributed by atoms with Crippen molar-refractivity contribution in [2.75, 3.05) is 7.05 Å². The van der Waals surface area contributed by atoms with Gasteiger partial charge in [0.15, 0.2) is 0 Å². The van der Waals surface area contributed by atoms with Gasteiger partial charge < -0.3 is 5.73 Å². The molecular weight excluding hydrogens is 270 g/mol. The van der Waals surface area contributed by atoms with Crippen molar-refractivity contribution < 1.29 is 0 Å². The number of nitrogens with one attached hydrogen (secondary N) is 1. The van der Waals surface area contributed by atoms with E-state index in [0.717, 1.165) is 29.2 Å². The van der Waals surface area contributed by atoms with Gasteiger partial charge in [-0.2, -0.15) is 0 Å². The van der Waals surface area contributed by atoms with Crippen LogP contribution in [0.25, 0.3) is 0 Å². The Balaban J connectivity index is 2.00. The second kappa shape index (κ2) is 6.55. The molecule has 2 aromatic carbocycles. The highest BCUT2D eigenvalue weighted by Gasteiger charge is 2.04. The lowest BCUT2D eigenvalue weighted by atomic mass is 10.1. The summed E-state index contributed by atoms with van der Waals surface area (Å²) in [6.07, 6.45) is 0. The molecule has 3 N–H and O–H groups in total. The Labute approximate surface area is 124 Å². The first-order valence-corrected chi connectivity index (χ1v) is 6.79. The fourth-order valence-electron chi connectivity index (χ4n) is 2.11. The smallest absolute Gasteiger partial charge is 0.122 e. The van der Waals surface area contributed by atoms with Crippen LogP contribution in [-0.4, -0.2) is 17.8 Å². The van der Waals surface area contributed by atoms with E-state index in [0.29, 0.717) is 0 Å². The van der Waals surface area contributed by atoms with Gasteiger partial charge in [0, 0.05) is 23.7 Å². The van der Waals surface area contributed by atoms with Crippen molar-refractivity contribution in [2.45, 2.75) is 13.1 Å². The molecule has 0 aromatic heterocycles. The van der Waals surface area contributed by atoms with Crippen molar-refractivity contribution in [3.05, 3.63) is 70.2 Å². The standard InChI is InChI=1S/C16H18ClN3/c1-20(10-12-5-7-15(17)8-6-12)11-13-3-2-4-14(9-13)16(18)19/h2-9H,10-11H2,1H3,(H3,18,19). The molecule has 4 heteroatoms. The molecule has 0 amide bonds. The topological polar surface area (TPSA) is 53.1 Å². The molecule has 2 rings (SSSR count). The van der Waals surface area contributed by atoms with Gasteiger partial charge in [0.05, 0.1) is 0 Å². The maximum Gasteiger partial charge on any atom is 0.122 e. The van der Waals surface area contributed by atoms with Crippen LogP contribution in [0.3, 0.4) is 0 Å². The molecule has 0 saturated carbocycles. The Kier molecular flexibility index (Phi) is 4.77. The Bertz CT molecular complexity index is 593. The quantitative estimate of drug-likeness (QED) is 0.655. The second-order valence-corrected chi connectivity index (χ2v) is 5.35. The van der Waals surface area contributed by atoms with Gasteiger partial charge in [-0.05, 0) is 36.4 Å². The fraction of sp³-hybridized carbons (Fsp3) is 0.188. The molecular formula is C16H18ClN3. The normalized spacial score (nSPS) is 10.8. The Morgan fingerprint density at radius 2 is 1.75 bits per heavy atom. The minimum absolute atomic E-state index is 0.104. The molecule has 0 aliphatic carbocycles. The first-order chi connectivity index (χ1) is 9.54. The van der Waals surface area contributed by atoms with Gasteiger partial charge >= 0.3 is 0 Å². The number of nitrogen functional groups attached to an aromatic ring is 1. The van der Waals surface area contributed by atoms with Crippen LogP contribution in [0, 0.1) is 5.41 Å². The highest BCUT2D eigenvalue weighted by Crippen LogP contribution is 2.13. The maximum absolute atomic E-state index is 7.47. The number of hydrogen-bond acceptors (Lipinski definition) is 2. The Morgan fingerprint density at radius 3 is 2.40 bits per heavy atom. The van der Waals surface area contributed by atoms with Crippen LogP contribution in [0.5, 0.6) is 0 Å². The maximum atomic E-state index is 7.47. The monoisotopic (exact) mass is 287 g/mol. The lowest BCUT2D eigenvalue weighted by Crippen LogP contribution is -2.18. The summed E-state index contributed by atoms with van der Waals surface area (Å²) in [6.45, 7) is 1.66. The Morgan fingerprint density at radius 1 is 1.10 bits per heavy atom. The summed E-state index contributed by atoms with van der Waals surface area (Å²) < 4.78 is 0. The first-order valence-electron chi connectivity index (χ1n) is 6.41. The average Bonchev–Trinajstić information content (AvgIpc) is 2.41. The number of hydrogen-bond donors (Lipinski definition) is 2. The van der Waals surface area contributed by atoms with Crippen LogP contribution >= 0.6 is 11.6 Å². The third kappa shape index (κ3) is 4.08. The zero-order valence-electron chi connectivity index (χ0n) is 11.4. The molecule has 0 radical (unpaired) electrons. The second-order valence-electron chi connectivity index (χ2n) is 4.91. The largest absolute Gasteiger partial charge is 0.384 e. The van der Waals surface area contributed by atoms with Crippen LogP contribution in [0.1, 0.15) is 16.7 Å². The molecule has 0 bridgehead atoms. The van der Waals surface area contributed by atoms with Crippen LogP contribution in [0.15, 0.2) is 48.5 Å². The minimum Gasteiger partial charge on any atom is -0.384 e. The third-order valence-corrected chi connectivity index (χ3v) is 3.31. The number of amidine groups is 1. The van der Waals surface area contributed by atoms with E-state index in [2.05, 4.69) is 11.9 Å². The SMILES string of the molecule is CN(Cc1ccc(Cl)cc1)Cc1cccc(C(=N)N)c1. The van der Waals surface area contributed by atoms with E-state index < -0.39 is 0 Å². The highest BCUT2D eigenvalue weighted by molar-refractivity contribution is 6.30. The van der Waals surface area contributed by atoms with Crippen molar-refractivity contribution >= 4 is 17.4 Å². The molecule has 3 nitrogen and oxygen atoms in total. The first kappa shape index (κ1) is 14.6. The zero-order valence-corrected chi connectivity index (χ0v) is 12.2. The lowest BCUT2D eigenvalue weighted by molar-refractivity contribution is 0.319. The number of rotatable bonds is 5. The van der Waals surface area contributed by atoms with E-state index in [9.17, 15) is 0 Å². The van der Waals surface area contributed by atoms with E-state index >= 15 is 0 Å². The summed E-state index contributed by atoms with van der Waals surface area (Å²) in [4.78, 5) is 2.21. The van der Waals surface area contributed by atoms with Crippen molar-refractivity contribution in [1.82, 2.24) is 4.90 Å². The van der Waals surface area contributed by atoms with E-state index in [1.54, 1.807) is 0 Å². The van der Waals surface area contributed by atoms with Gasteiger partial charge in [-0.1, -0.05) is 41.9 Å². The summed E-state index contributed by atoms with van der Waals surface area (Å²) in [6, 6.07) is 15.7. The minimum atomic E-state index is 0.104. The van der Waals surface area contributed by atoms with Gasteiger partial charge in [0.25, 0.3) is 0 Å². The number of benzene rings is 2. The predicted octanol–water partition coefficient (Wildman–Crippen LogP) is 3.26. The zero-order chi connectivity index (χ0) is 14.5. The van der Waals surface area contributed by atoms with E-state index in [1.165, 1.54) is 5.56 Å². The molecule has 0 fully saturated rings. The van der Waals surface area contributed by atoms with Crippen molar-refractivity contribution in [3.8, 4) is 0 Å². The van der Waals surface area contributed by atoms with Crippen molar-refractivity contribution in [2.24, 2.45) is 5.73 Å². The van der Waals surface area contributed by atoms with Crippen LogP contribution in [0.4, 0.5) is 0 Å². The number of nitrogens with two attached hydrogens (primary N) is 1. The summed E-state index contributed by atoms with van der Waals surface area (Å²) in [7, 11) is 2.06. The van der Waals surface area contributed by atoms with Gasteiger partial charge in [-0.15, -0.1) is 0 Å². The van der Waals surface area contributed by atoms with Gasteiger partial charge in [0.1, 0.15) is 5.84 Å². The summed E-state index contributed by atoms with van der Waals surface area (Å²) >= 11 is 5.88. The molecule has 0 heterocycles. The molecule has 2 aromatic rings. The fourth-order valence-corrected chi connectivity index (χ4v) is 2.23. The molecule has 104 valence electrons. The molecule has 0 aliphatic rings. The summed E-state index contributed by atoms with van der Waals surface area (Å²) in [5.74, 6) is 0.104. The summed E-state index contributed by atoms with van der Waals surface area (Å²) in [5.41, 5.74) is 8.64. The molecule has 0 aliphatic heterocycles. The lowest BCUT2D eigenvalue weighted by Gasteiger charge is -2.17. The molecule has 20 heavy (non-hydrogen) atoms. The van der Waals surface area contributed by atoms with Crippen LogP contribution < -0.4 is 5.73 Å². The van der Waals surface area contributed by atoms with Crippen LogP contribution in [-0.2, 0) is 13.1 Å². The van der Waals surface area contributed by atoms with Gasteiger partial charge in [0.2, 0.25) is 0 Å². The number of halogens is 1. The number of nitrogens with zero attached hydrogens (tertiary/aromatic N) is 1. The molecule has 0 spiro atoms. The van der Waals surface area contributed by atoms with Crippen molar-refractivity contribution in [1.29, 1.82) is 5.41 Å². The molecule has 0 atom stereocenters. The van der Waals surface area contributed by atoms with E-state index in [4.69, 9.17) is 22.7 Å². The molecule has 0 saturated heterocycles. The average molecular weight is 288 g/mol. The predicted molar refractivity (Wildman–Crippen MR) is 84.1 cm³/mol. The Hall–Kier alpha value is -1.84.